The lowest BCUT2D eigenvalue weighted by Crippen LogP contribution is -2.33. The Labute approximate surface area is 151 Å². The highest BCUT2D eigenvalue weighted by Gasteiger charge is 2.04. The summed E-state index contributed by atoms with van der Waals surface area (Å²) in [6.45, 7) is 4.80. The molecule has 6 nitrogen and oxygen atoms in total. The third-order valence-electron chi connectivity index (χ3n) is 3.98. The lowest BCUT2D eigenvalue weighted by molar-refractivity contribution is 0.139. The average molecular weight is 351 g/mol. The number of aliphatic hydroxyl groups is 1. The molecule has 0 aliphatic rings. The van der Waals surface area contributed by atoms with Gasteiger partial charge in [-0.25, -0.2) is 4.79 Å². The fraction of sp³-hybridized carbons (Fsp3) is 0.632. The molecular weight excluding hydrogens is 318 g/mol. The molecule has 0 fully saturated rings. The molecule has 1 aromatic rings. The fourth-order valence-electron chi connectivity index (χ4n) is 2.53. The van der Waals surface area contributed by atoms with Gasteiger partial charge in [0, 0.05) is 26.2 Å². The molecule has 1 rings (SSSR count). The number of amides is 1. The SMILES string of the molecule is CNCCN(CCO)CCCCCCNC(=O)OCc1ccccc1. The van der Waals surface area contributed by atoms with Gasteiger partial charge in [-0.15, -0.1) is 0 Å². The Kier molecular flexibility index (Phi) is 12.6. The maximum Gasteiger partial charge on any atom is 0.407 e. The minimum atomic E-state index is -0.356. The average Bonchev–Trinajstić information content (AvgIpc) is 2.64. The zero-order valence-electron chi connectivity index (χ0n) is 15.4. The van der Waals surface area contributed by atoms with Crippen molar-refractivity contribution in [1.29, 1.82) is 0 Å². The maximum atomic E-state index is 11.6. The van der Waals surface area contributed by atoms with Gasteiger partial charge in [0.05, 0.1) is 6.61 Å². The van der Waals surface area contributed by atoms with Gasteiger partial charge in [0.1, 0.15) is 6.61 Å². The number of unbranched alkanes of at least 4 members (excludes halogenated alkanes) is 3. The van der Waals surface area contributed by atoms with Crippen LogP contribution in [0.2, 0.25) is 0 Å². The number of benzene rings is 1. The van der Waals surface area contributed by atoms with Crippen molar-refractivity contribution in [3.8, 4) is 0 Å². The van der Waals surface area contributed by atoms with Crippen molar-refractivity contribution in [3.05, 3.63) is 35.9 Å². The van der Waals surface area contributed by atoms with E-state index in [2.05, 4.69) is 15.5 Å². The highest BCUT2D eigenvalue weighted by atomic mass is 16.5. The molecule has 0 aromatic heterocycles. The van der Waals surface area contributed by atoms with Gasteiger partial charge in [0.25, 0.3) is 0 Å². The van der Waals surface area contributed by atoms with E-state index in [1.807, 2.05) is 37.4 Å². The second-order valence-electron chi connectivity index (χ2n) is 6.07. The van der Waals surface area contributed by atoms with E-state index < -0.39 is 0 Å². The summed E-state index contributed by atoms with van der Waals surface area (Å²) in [4.78, 5) is 13.9. The molecule has 0 aliphatic carbocycles. The molecule has 25 heavy (non-hydrogen) atoms. The Balaban J connectivity index is 1.97. The van der Waals surface area contributed by atoms with E-state index in [-0.39, 0.29) is 12.7 Å². The van der Waals surface area contributed by atoms with E-state index in [0.29, 0.717) is 13.2 Å². The first-order valence-electron chi connectivity index (χ1n) is 9.18. The molecule has 1 amide bonds. The molecule has 3 N–H and O–H groups in total. The van der Waals surface area contributed by atoms with Crippen LogP contribution in [0.4, 0.5) is 4.79 Å². The van der Waals surface area contributed by atoms with E-state index >= 15 is 0 Å². The second-order valence-corrected chi connectivity index (χ2v) is 6.07. The van der Waals surface area contributed by atoms with E-state index in [1.165, 1.54) is 0 Å². The number of alkyl carbamates (subject to hydrolysis) is 1. The van der Waals surface area contributed by atoms with Crippen molar-refractivity contribution < 1.29 is 14.6 Å². The lowest BCUT2D eigenvalue weighted by atomic mass is 10.2. The standard InChI is InChI=1S/C19H33N3O3/c1-20-12-14-22(15-16-23)13-8-3-2-7-11-21-19(24)25-17-18-9-5-4-6-10-18/h4-6,9-10,20,23H,2-3,7-8,11-17H2,1H3,(H,21,24). The van der Waals surface area contributed by atoms with Crippen molar-refractivity contribution in [3.63, 3.8) is 0 Å². The van der Waals surface area contributed by atoms with Gasteiger partial charge < -0.3 is 20.5 Å². The van der Waals surface area contributed by atoms with Gasteiger partial charge in [-0.3, -0.25) is 4.90 Å². The van der Waals surface area contributed by atoms with Crippen LogP contribution in [-0.2, 0) is 11.3 Å². The Morgan fingerprint density at radius 2 is 1.80 bits per heavy atom. The van der Waals surface area contributed by atoms with Crippen LogP contribution in [-0.4, -0.2) is 62.5 Å². The molecule has 0 saturated carbocycles. The van der Waals surface area contributed by atoms with Crippen molar-refractivity contribution in [2.24, 2.45) is 0 Å². The molecule has 0 heterocycles. The second kappa shape index (κ2) is 14.7. The van der Waals surface area contributed by atoms with E-state index in [9.17, 15) is 4.79 Å². The van der Waals surface area contributed by atoms with Crippen LogP contribution in [0, 0.1) is 0 Å². The zero-order valence-corrected chi connectivity index (χ0v) is 15.4. The lowest BCUT2D eigenvalue weighted by Gasteiger charge is -2.20. The number of nitrogens with zero attached hydrogens (tertiary/aromatic N) is 1. The minimum Gasteiger partial charge on any atom is -0.445 e. The molecule has 1 aromatic carbocycles. The quantitative estimate of drug-likeness (QED) is 0.447. The Bertz CT molecular complexity index is 443. The van der Waals surface area contributed by atoms with Crippen LogP contribution in [0.15, 0.2) is 30.3 Å². The third kappa shape index (κ3) is 11.5. The summed E-state index contributed by atoms with van der Waals surface area (Å²) in [5.74, 6) is 0. The van der Waals surface area contributed by atoms with E-state index in [0.717, 1.165) is 57.4 Å². The summed E-state index contributed by atoms with van der Waals surface area (Å²) >= 11 is 0. The summed E-state index contributed by atoms with van der Waals surface area (Å²) in [7, 11) is 1.94. The topological polar surface area (TPSA) is 73.8 Å². The van der Waals surface area contributed by atoms with Crippen LogP contribution in [0.5, 0.6) is 0 Å². The summed E-state index contributed by atoms with van der Waals surface area (Å²) in [6, 6.07) is 9.66. The normalized spacial score (nSPS) is 10.8. The number of carbonyl (C=O) groups excluding carboxylic acids is 1. The highest BCUT2D eigenvalue weighted by Crippen LogP contribution is 2.02. The minimum absolute atomic E-state index is 0.207. The summed E-state index contributed by atoms with van der Waals surface area (Å²) < 4.78 is 5.17. The predicted molar refractivity (Wildman–Crippen MR) is 101 cm³/mol. The molecular formula is C19H33N3O3. The van der Waals surface area contributed by atoms with E-state index in [1.54, 1.807) is 0 Å². The Morgan fingerprint density at radius 3 is 2.52 bits per heavy atom. The smallest absolute Gasteiger partial charge is 0.407 e. The molecule has 0 atom stereocenters. The molecule has 6 heteroatoms. The summed E-state index contributed by atoms with van der Waals surface area (Å²) in [6.07, 6.45) is 3.92. The van der Waals surface area contributed by atoms with Crippen LogP contribution < -0.4 is 10.6 Å². The van der Waals surface area contributed by atoms with Crippen molar-refractivity contribution in [1.82, 2.24) is 15.5 Å². The third-order valence-corrected chi connectivity index (χ3v) is 3.98. The van der Waals surface area contributed by atoms with Gasteiger partial charge >= 0.3 is 6.09 Å². The maximum absolute atomic E-state index is 11.6. The van der Waals surface area contributed by atoms with Gasteiger partial charge in [0.15, 0.2) is 0 Å². The first-order chi connectivity index (χ1) is 12.3. The number of rotatable bonds is 14. The number of carbonyl (C=O) groups is 1. The zero-order chi connectivity index (χ0) is 18.2. The summed E-state index contributed by atoms with van der Waals surface area (Å²) in [5, 5.41) is 15.0. The number of nitrogens with one attached hydrogen (secondary N) is 2. The number of hydrogen-bond donors (Lipinski definition) is 3. The number of aliphatic hydroxyl groups excluding tert-OH is 1. The fourth-order valence-corrected chi connectivity index (χ4v) is 2.53. The summed E-state index contributed by atoms with van der Waals surface area (Å²) in [5.41, 5.74) is 0.989. The van der Waals surface area contributed by atoms with Crippen molar-refractivity contribution in [2.75, 3.05) is 46.4 Å². The first-order valence-corrected chi connectivity index (χ1v) is 9.18. The van der Waals surface area contributed by atoms with Gasteiger partial charge in [-0.1, -0.05) is 43.2 Å². The number of hydrogen-bond acceptors (Lipinski definition) is 5. The molecule has 0 saturated heterocycles. The van der Waals surface area contributed by atoms with Crippen LogP contribution in [0.25, 0.3) is 0 Å². The van der Waals surface area contributed by atoms with Gasteiger partial charge in [0.2, 0.25) is 0 Å². The first kappa shape index (κ1) is 21.4. The van der Waals surface area contributed by atoms with Crippen LogP contribution in [0.3, 0.4) is 0 Å². The Hall–Kier alpha value is -1.63. The van der Waals surface area contributed by atoms with Crippen molar-refractivity contribution in [2.45, 2.75) is 32.3 Å². The van der Waals surface area contributed by atoms with Crippen molar-refractivity contribution >= 4 is 6.09 Å². The highest BCUT2D eigenvalue weighted by molar-refractivity contribution is 5.67. The molecule has 142 valence electrons. The number of likely N-dealkylation sites (N-methyl/N-ethyl adjacent to an activating group) is 1. The molecule has 0 aliphatic heterocycles. The largest absolute Gasteiger partial charge is 0.445 e. The van der Waals surface area contributed by atoms with Crippen LogP contribution in [0.1, 0.15) is 31.2 Å². The number of ether oxygens (including phenoxy) is 1. The molecule has 0 radical (unpaired) electrons. The molecule has 0 spiro atoms. The molecule has 0 unspecified atom stereocenters. The Morgan fingerprint density at radius 1 is 1.04 bits per heavy atom. The van der Waals surface area contributed by atoms with Gasteiger partial charge in [-0.05, 0) is 32.0 Å². The van der Waals surface area contributed by atoms with E-state index in [4.69, 9.17) is 9.84 Å². The molecule has 0 bridgehead atoms. The monoisotopic (exact) mass is 351 g/mol. The predicted octanol–water partition coefficient (Wildman–Crippen LogP) is 1.99. The van der Waals surface area contributed by atoms with Crippen LogP contribution >= 0.6 is 0 Å². The van der Waals surface area contributed by atoms with Gasteiger partial charge in [-0.2, -0.15) is 0 Å².